The molecule has 1 nitrogen and oxygen atoms in total. The zero-order chi connectivity index (χ0) is 10.0. The molecule has 2 aliphatic carbocycles. The van der Waals surface area contributed by atoms with Gasteiger partial charge in [-0.1, -0.05) is 20.3 Å². The van der Waals surface area contributed by atoms with Crippen molar-refractivity contribution in [3.63, 3.8) is 0 Å². The fourth-order valence-corrected chi connectivity index (χ4v) is 3.35. The van der Waals surface area contributed by atoms with Crippen molar-refractivity contribution < 1.29 is 0 Å². The van der Waals surface area contributed by atoms with E-state index in [1.807, 2.05) is 0 Å². The molecule has 1 N–H and O–H groups in total. The molecule has 0 amide bonds. The second-order valence-corrected chi connectivity index (χ2v) is 5.48. The van der Waals surface area contributed by atoms with Gasteiger partial charge < -0.3 is 5.32 Å². The summed E-state index contributed by atoms with van der Waals surface area (Å²) in [5, 5.41) is 3.58. The van der Waals surface area contributed by atoms with Crippen molar-refractivity contribution in [3.8, 4) is 0 Å². The lowest BCUT2D eigenvalue weighted by molar-refractivity contribution is 0.421. The molecule has 14 heavy (non-hydrogen) atoms. The van der Waals surface area contributed by atoms with E-state index in [1.165, 1.54) is 45.2 Å². The van der Waals surface area contributed by atoms with Gasteiger partial charge in [-0.3, -0.25) is 0 Å². The quantitative estimate of drug-likeness (QED) is 0.664. The Labute approximate surface area is 88.7 Å². The predicted molar refractivity (Wildman–Crippen MR) is 61.3 cm³/mol. The SMILES string of the molecule is CCCNCC1CC12CCC(CC)C2. The Bertz CT molecular complexity index is 190. The largest absolute Gasteiger partial charge is 0.316 e. The summed E-state index contributed by atoms with van der Waals surface area (Å²) in [6, 6.07) is 0. The second kappa shape index (κ2) is 4.22. The van der Waals surface area contributed by atoms with E-state index >= 15 is 0 Å². The van der Waals surface area contributed by atoms with Gasteiger partial charge in [0.25, 0.3) is 0 Å². The smallest absolute Gasteiger partial charge is 0.00150 e. The van der Waals surface area contributed by atoms with Crippen LogP contribution in [-0.2, 0) is 0 Å². The van der Waals surface area contributed by atoms with Crippen molar-refractivity contribution in [2.45, 2.75) is 52.4 Å². The summed E-state index contributed by atoms with van der Waals surface area (Å²) in [7, 11) is 0. The lowest BCUT2D eigenvalue weighted by Crippen LogP contribution is -2.19. The average Bonchev–Trinajstić information content (AvgIpc) is 2.69. The van der Waals surface area contributed by atoms with Crippen LogP contribution in [0.2, 0.25) is 0 Å². The highest BCUT2D eigenvalue weighted by Crippen LogP contribution is 2.64. The van der Waals surface area contributed by atoms with Crippen molar-refractivity contribution in [1.29, 1.82) is 0 Å². The first-order valence-corrected chi connectivity index (χ1v) is 6.51. The third kappa shape index (κ3) is 1.98. The van der Waals surface area contributed by atoms with Gasteiger partial charge >= 0.3 is 0 Å². The summed E-state index contributed by atoms with van der Waals surface area (Å²) in [5.74, 6) is 2.09. The molecule has 0 aromatic heterocycles. The van der Waals surface area contributed by atoms with E-state index < -0.39 is 0 Å². The first kappa shape index (κ1) is 10.5. The fraction of sp³-hybridized carbons (Fsp3) is 1.00. The van der Waals surface area contributed by atoms with Crippen LogP contribution in [0, 0.1) is 17.3 Å². The van der Waals surface area contributed by atoms with Crippen LogP contribution in [0.3, 0.4) is 0 Å². The Balaban J connectivity index is 1.69. The second-order valence-electron chi connectivity index (χ2n) is 5.48. The normalized spacial score (nSPS) is 40.7. The van der Waals surface area contributed by atoms with Gasteiger partial charge in [-0.2, -0.15) is 0 Å². The van der Waals surface area contributed by atoms with E-state index in [0.717, 1.165) is 17.3 Å². The highest BCUT2D eigenvalue weighted by Gasteiger charge is 2.56. The van der Waals surface area contributed by atoms with Crippen molar-refractivity contribution in [1.82, 2.24) is 5.32 Å². The molecule has 3 atom stereocenters. The maximum absolute atomic E-state index is 3.58. The van der Waals surface area contributed by atoms with Gasteiger partial charge in [0.05, 0.1) is 0 Å². The molecule has 1 heteroatoms. The number of hydrogen-bond acceptors (Lipinski definition) is 1. The van der Waals surface area contributed by atoms with E-state index in [1.54, 1.807) is 6.42 Å². The Kier molecular flexibility index (Phi) is 3.16. The van der Waals surface area contributed by atoms with E-state index in [4.69, 9.17) is 0 Å². The zero-order valence-corrected chi connectivity index (χ0v) is 9.81. The maximum Gasteiger partial charge on any atom is -0.00150 e. The maximum atomic E-state index is 3.58. The van der Waals surface area contributed by atoms with Gasteiger partial charge in [0.15, 0.2) is 0 Å². The van der Waals surface area contributed by atoms with E-state index in [0.29, 0.717) is 0 Å². The summed E-state index contributed by atoms with van der Waals surface area (Å²) in [6.45, 7) is 7.11. The van der Waals surface area contributed by atoms with Crippen molar-refractivity contribution >= 4 is 0 Å². The first-order chi connectivity index (χ1) is 6.80. The van der Waals surface area contributed by atoms with Crippen molar-refractivity contribution in [2.75, 3.05) is 13.1 Å². The van der Waals surface area contributed by atoms with Gasteiger partial charge in [-0.25, -0.2) is 0 Å². The van der Waals surface area contributed by atoms with Gasteiger partial charge in [-0.15, -0.1) is 0 Å². The highest BCUT2D eigenvalue weighted by atomic mass is 14.9. The Morgan fingerprint density at radius 2 is 2.14 bits per heavy atom. The molecular weight excluding hydrogens is 170 g/mol. The van der Waals surface area contributed by atoms with Gasteiger partial charge in [-0.05, 0) is 62.4 Å². The monoisotopic (exact) mass is 195 g/mol. The standard InChI is InChI=1S/C13H25N/c1-3-7-14-10-12-9-13(12)6-5-11(4-2)8-13/h11-12,14H,3-10H2,1-2H3. The molecule has 0 bridgehead atoms. The molecule has 2 aliphatic rings. The first-order valence-electron chi connectivity index (χ1n) is 6.51. The minimum atomic E-state index is 0.821. The minimum Gasteiger partial charge on any atom is -0.316 e. The summed E-state index contributed by atoms with van der Waals surface area (Å²) in [6.07, 6.45) is 8.81. The lowest BCUT2D eigenvalue weighted by atomic mass is 9.98. The molecule has 0 aromatic carbocycles. The summed E-state index contributed by atoms with van der Waals surface area (Å²) >= 11 is 0. The third-order valence-electron chi connectivity index (χ3n) is 4.50. The Morgan fingerprint density at radius 1 is 1.29 bits per heavy atom. The number of rotatable bonds is 5. The van der Waals surface area contributed by atoms with Crippen LogP contribution in [-0.4, -0.2) is 13.1 Å². The minimum absolute atomic E-state index is 0.821. The predicted octanol–water partition coefficient (Wildman–Crippen LogP) is 3.20. The van der Waals surface area contributed by atoms with Crippen LogP contribution in [0.15, 0.2) is 0 Å². The number of hydrogen-bond donors (Lipinski definition) is 1. The summed E-state index contributed by atoms with van der Waals surface area (Å²) < 4.78 is 0. The van der Waals surface area contributed by atoms with Crippen LogP contribution in [0.1, 0.15) is 52.4 Å². The molecule has 0 aliphatic heterocycles. The van der Waals surface area contributed by atoms with Gasteiger partial charge in [0.1, 0.15) is 0 Å². The zero-order valence-electron chi connectivity index (χ0n) is 9.81. The third-order valence-corrected chi connectivity index (χ3v) is 4.50. The molecule has 0 heterocycles. The van der Waals surface area contributed by atoms with Crippen LogP contribution < -0.4 is 5.32 Å². The molecule has 2 saturated carbocycles. The Hall–Kier alpha value is -0.0400. The van der Waals surface area contributed by atoms with Crippen LogP contribution in [0.25, 0.3) is 0 Å². The fourth-order valence-electron chi connectivity index (χ4n) is 3.35. The molecule has 2 rings (SSSR count). The molecular formula is C13H25N. The summed E-state index contributed by atoms with van der Waals surface area (Å²) in [4.78, 5) is 0. The van der Waals surface area contributed by atoms with Crippen molar-refractivity contribution in [3.05, 3.63) is 0 Å². The van der Waals surface area contributed by atoms with Crippen LogP contribution in [0.4, 0.5) is 0 Å². The molecule has 82 valence electrons. The molecule has 0 saturated heterocycles. The van der Waals surface area contributed by atoms with Gasteiger partial charge in [0, 0.05) is 0 Å². The molecule has 1 spiro atoms. The van der Waals surface area contributed by atoms with E-state index in [-0.39, 0.29) is 0 Å². The molecule has 0 radical (unpaired) electrons. The Morgan fingerprint density at radius 3 is 2.79 bits per heavy atom. The van der Waals surface area contributed by atoms with E-state index in [2.05, 4.69) is 19.2 Å². The topological polar surface area (TPSA) is 12.0 Å². The summed E-state index contributed by atoms with van der Waals surface area (Å²) in [5.41, 5.74) is 0.821. The van der Waals surface area contributed by atoms with Crippen molar-refractivity contribution in [2.24, 2.45) is 17.3 Å². The number of nitrogens with one attached hydrogen (secondary N) is 1. The average molecular weight is 195 g/mol. The lowest BCUT2D eigenvalue weighted by Gasteiger charge is -2.10. The molecule has 0 aromatic rings. The molecule has 3 unspecified atom stereocenters. The van der Waals surface area contributed by atoms with Crippen LogP contribution in [0.5, 0.6) is 0 Å². The van der Waals surface area contributed by atoms with E-state index in [9.17, 15) is 0 Å². The van der Waals surface area contributed by atoms with Crippen LogP contribution >= 0.6 is 0 Å². The van der Waals surface area contributed by atoms with Gasteiger partial charge in [0.2, 0.25) is 0 Å². The molecule has 2 fully saturated rings. The highest BCUT2D eigenvalue weighted by molar-refractivity contribution is 5.07.